The van der Waals surface area contributed by atoms with Crippen LogP contribution in [-0.4, -0.2) is 40.6 Å². The van der Waals surface area contributed by atoms with Crippen molar-refractivity contribution in [3.05, 3.63) is 0 Å². The standard InChI is InChI=1S/C11H27NO2Si/c1-7-9-15(13-5,14-6)12(8-2)10-11(3)4/h11H,7-10H2,1-6H3. The minimum atomic E-state index is -2.10. The summed E-state index contributed by atoms with van der Waals surface area (Å²) >= 11 is 0. The van der Waals surface area contributed by atoms with Crippen molar-refractivity contribution < 1.29 is 8.85 Å². The van der Waals surface area contributed by atoms with Crippen LogP contribution in [0.3, 0.4) is 0 Å². The van der Waals surface area contributed by atoms with Gasteiger partial charge < -0.3 is 8.85 Å². The van der Waals surface area contributed by atoms with E-state index < -0.39 is 8.72 Å². The Balaban J connectivity index is 4.66. The summed E-state index contributed by atoms with van der Waals surface area (Å²) in [7, 11) is 1.47. The summed E-state index contributed by atoms with van der Waals surface area (Å²) in [5.41, 5.74) is 0. The molecule has 0 atom stereocenters. The van der Waals surface area contributed by atoms with Crippen molar-refractivity contribution in [2.45, 2.75) is 40.2 Å². The van der Waals surface area contributed by atoms with Crippen molar-refractivity contribution in [1.82, 2.24) is 4.57 Å². The third-order valence-corrected chi connectivity index (χ3v) is 6.52. The van der Waals surface area contributed by atoms with Gasteiger partial charge in [0, 0.05) is 20.3 Å². The van der Waals surface area contributed by atoms with Crippen LogP contribution in [0.2, 0.25) is 6.04 Å². The second-order valence-electron chi connectivity index (χ2n) is 4.30. The maximum absolute atomic E-state index is 5.72. The average Bonchev–Trinajstić information content (AvgIpc) is 2.23. The molecule has 0 aromatic heterocycles. The zero-order valence-corrected chi connectivity index (χ0v) is 12.2. The van der Waals surface area contributed by atoms with Gasteiger partial charge in [0.25, 0.3) is 0 Å². The van der Waals surface area contributed by atoms with Gasteiger partial charge in [-0.05, 0) is 19.0 Å². The number of nitrogens with zero attached hydrogens (tertiary/aromatic N) is 1. The molecular formula is C11H27NO2Si. The van der Waals surface area contributed by atoms with E-state index in [-0.39, 0.29) is 0 Å². The van der Waals surface area contributed by atoms with Crippen molar-refractivity contribution in [3.8, 4) is 0 Å². The molecule has 0 rings (SSSR count). The van der Waals surface area contributed by atoms with Crippen LogP contribution < -0.4 is 0 Å². The molecule has 0 spiro atoms. The fourth-order valence-electron chi connectivity index (χ4n) is 1.97. The van der Waals surface area contributed by atoms with Crippen molar-refractivity contribution in [2.75, 3.05) is 27.3 Å². The molecule has 3 nitrogen and oxygen atoms in total. The summed E-state index contributed by atoms with van der Waals surface area (Å²) in [4.78, 5) is 0. The first-order valence-electron chi connectivity index (χ1n) is 5.91. The lowest BCUT2D eigenvalue weighted by Gasteiger charge is -2.38. The molecule has 0 saturated heterocycles. The summed E-state index contributed by atoms with van der Waals surface area (Å²) in [6.07, 6.45) is 1.11. The predicted octanol–water partition coefficient (Wildman–Crippen LogP) is 2.61. The smallest absolute Gasteiger partial charge is 0.386 e. The van der Waals surface area contributed by atoms with E-state index >= 15 is 0 Å². The van der Waals surface area contributed by atoms with Crippen LogP contribution in [0.5, 0.6) is 0 Å². The molecule has 0 aromatic rings. The minimum absolute atomic E-state index is 0.652. The first-order valence-corrected chi connectivity index (χ1v) is 7.88. The molecule has 0 saturated carbocycles. The highest BCUT2D eigenvalue weighted by molar-refractivity contribution is 6.64. The molecule has 0 aliphatic heterocycles. The van der Waals surface area contributed by atoms with E-state index in [9.17, 15) is 0 Å². The quantitative estimate of drug-likeness (QED) is 0.602. The van der Waals surface area contributed by atoms with Crippen LogP contribution in [0.25, 0.3) is 0 Å². The summed E-state index contributed by atoms with van der Waals surface area (Å²) in [6, 6.07) is 1.04. The fraction of sp³-hybridized carbons (Fsp3) is 1.00. The summed E-state index contributed by atoms with van der Waals surface area (Å²) in [5.74, 6) is 0.652. The zero-order valence-electron chi connectivity index (χ0n) is 11.2. The molecule has 0 bridgehead atoms. The molecule has 0 amide bonds. The van der Waals surface area contributed by atoms with Gasteiger partial charge >= 0.3 is 8.72 Å². The number of hydrogen-bond donors (Lipinski definition) is 0. The summed E-state index contributed by atoms with van der Waals surface area (Å²) < 4.78 is 13.9. The summed E-state index contributed by atoms with van der Waals surface area (Å²) in [6.45, 7) is 10.9. The molecule has 0 unspecified atom stereocenters. The Labute approximate surface area is 96.1 Å². The normalized spacial score (nSPS) is 12.8. The minimum Gasteiger partial charge on any atom is -0.386 e. The lowest BCUT2D eigenvalue weighted by molar-refractivity contribution is 0.156. The second-order valence-corrected chi connectivity index (χ2v) is 7.68. The van der Waals surface area contributed by atoms with Crippen LogP contribution in [0.15, 0.2) is 0 Å². The molecular weight excluding hydrogens is 206 g/mol. The van der Waals surface area contributed by atoms with Crippen molar-refractivity contribution in [1.29, 1.82) is 0 Å². The maximum atomic E-state index is 5.72. The van der Waals surface area contributed by atoms with E-state index in [0.717, 1.165) is 25.6 Å². The predicted molar refractivity (Wildman–Crippen MR) is 67.0 cm³/mol. The van der Waals surface area contributed by atoms with Crippen molar-refractivity contribution in [2.24, 2.45) is 5.92 Å². The third-order valence-electron chi connectivity index (χ3n) is 2.65. The number of hydrogen-bond acceptors (Lipinski definition) is 3. The van der Waals surface area contributed by atoms with E-state index in [1.807, 2.05) is 0 Å². The molecule has 0 radical (unpaired) electrons. The second kappa shape index (κ2) is 7.38. The van der Waals surface area contributed by atoms with Gasteiger partial charge in [-0.2, -0.15) is 0 Å². The average molecular weight is 233 g/mol. The van der Waals surface area contributed by atoms with E-state index in [1.165, 1.54) is 0 Å². The van der Waals surface area contributed by atoms with Gasteiger partial charge in [0.05, 0.1) is 0 Å². The molecule has 0 aliphatic carbocycles. The molecule has 15 heavy (non-hydrogen) atoms. The Morgan fingerprint density at radius 1 is 1.13 bits per heavy atom. The van der Waals surface area contributed by atoms with Gasteiger partial charge in [-0.1, -0.05) is 34.1 Å². The van der Waals surface area contributed by atoms with Crippen LogP contribution in [0.4, 0.5) is 0 Å². The number of rotatable bonds is 8. The van der Waals surface area contributed by atoms with Crippen molar-refractivity contribution >= 4 is 8.72 Å². The van der Waals surface area contributed by atoms with Gasteiger partial charge in [-0.3, -0.25) is 4.57 Å². The van der Waals surface area contributed by atoms with E-state index in [0.29, 0.717) is 5.92 Å². The van der Waals surface area contributed by atoms with E-state index in [4.69, 9.17) is 8.85 Å². The largest absolute Gasteiger partial charge is 0.427 e. The first kappa shape index (κ1) is 15.1. The van der Waals surface area contributed by atoms with Crippen molar-refractivity contribution in [3.63, 3.8) is 0 Å². The Bertz CT molecular complexity index is 161. The van der Waals surface area contributed by atoms with Gasteiger partial charge in [-0.25, -0.2) is 0 Å². The first-order chi connectivity index (χ1) is 7.06. The van der Waals surface area contributed by atoms with E-state index in [1.54, 1.807) is 14.2 Å². The van der Waals surface area contributed by atoms with Gasteiger partial charge in [0.1, 0.15) is 0 Å². The Hall–Kier alpha value is 0.0969. The molecule has 0 aliphatic rings. The highest BCUT2D eigenvalue weighted by atomic mass is 28.4. The molecule has 0 N–H and O–H groups in total. The van der Waals surface area contributed by atoms with Crippen LogP contribution in [-0.2, 0) is 8.85 Å². The Morgan fingerprint density at radius 2 is 1.67 bits per heavy atom. The molecule has 92 valence electrons. The van der Waals surface area contributed by atoms with E-state index in [2.05, 4.69) is 32.3 Å². The molecule has 0 aromatic carbocycles. The molecule has 4 heteroatoms. The Kier molecular flexibility index (Phi) is 7.43. The Morgan fingerprint density at radius 3 is 1.93 bits per heavy atom. The monoisotopic (exact) mass is 233 g/mol. The maximum Gasteiger partial charge on any atom is 0.427 e. The third kappa shape index (κ3) is 4.22. The molecule has 0 heterocycles. The van der Waals surface area contributed by atoms with Crippen LogP contribution in [0.1, 0.15) is 34.1 Å². The lowest BCUT2D eigenvalue weighted by Crippen LogP contribution is -2.58. The lowest BCUT2D eigenvalue weighted by atomic mass is 10.2. The van der Waals surface area contributed by atoms with Crippen LogP contribution in [0, 0.1) is 5.92 Å². The summed E-state index contributed by atoms with van der Waals surface area (Å²) in [5, 5.41) is 0. The van der Waals surface area contributed by atoms with Gasteiger partial charge in [0.15, 0.2) is 0 Å². The highest BCUT2D eigenvalue weighted by Gasteiger charge is 2.41. The zero-order chi connectivity index (χ0) is 11.9. The van der Waals surface area contributed by atoms with Gasteiger partial charge in [0.2, 0.25) is 0 Å². The van der Waals surface area contributed by atoms with Crippen LogP contribution >= 0.6 is 0 Å². The highest BCUT2D eigenvalue weighted by Crippen LogP contribution is 2.20. The topological polar surface area (TPSA) is 21.7 Å². The SMILES string of the molecule is CCC[Si](OC)(OC)N(CC)CC(C)C. The van der Waals surface area contributed by atoms with Gasteiger partial charge in [-0.15, -0.1) is 0 Å². The fourth-order valence-corrected chi connectivity index (χ4v) is 5.13. The molecule has 0 fully saturated rings.